The third-order valence-electron chi connectivity index (χ3n) is 3.98. The van der Waals surface area contributed by atoms with Crippen LogP contribution < -0.4 is 10.4 Å². The van der Waals surface area contributed by atoms with Gasteiger partial charge in [0.25, 0.3) is 0 Å². The van der Waals surface area contributed by atoms with Crippen LogP contribution in [0.25, 0.3) is 0 Å². The number of amides is 1. The van der Waals surface area contributed by atoms with Crippen molar-refractivity contribution in [2.75, 3.05) is 12.4 Å². The molecule has 0 saturated heterocycles. The lowest BCUT2D eigenvalue weighted by molar-refractivity contribution is -0.313. The highest BCUT2D eigenvalue weighted by atomic mass is 16.5. The lowest BCUT2D eigenvalue weighted by atomic mass is 9.78. The molecule has 6 nitrogen and oxygen atoms in total. The van der Waals surface area contributed by atoms with E-state index in [2.05, 4.69) is 10.1 Å². The van der Waals surface area contributed by atoms with Crippen LogP contribution in [0, 0.1) is 11.8 Å². The number of carboxylic acids is 1. The van der Waals surface area contributed by atoms with E-state index < -0.39 is 23.8 Å². The fourth-order valence-corrected chi connectivity index (χ4v) is 2.77. The van der Waals surface area contributed by atoms with Gasteiger partial charge in [0.1, 0.15) is 0 Å². The summed E-state index contributed by atoms with van der Waals surface area (Å²) in [5, 5.41) is 13.8. The Morgan fingerprint density at radius 1 is 1.09 bits per heavy atom. The maximum atomic E-state index is 12.3. The van der Waals surface area contributed by atoms with Crippen molar-refractivity contribution in [3.8, 4) is 0 Å². The SMILES string of the molecule is COC(=O)c1ccc(NC(=O)C2CCCCC2C(=O)[O-])cc1. The second-order valence-electron chi connectivity index (χ2n) is 5.37. The summed E-state index contributed by atoms with van der Waals surface area (Å²) in [6.45, 7) is 0. The van der Waals surface area contributed by atoms with Gasteiger partial charge < -0.3 is 20.0 Å². The first kappa shape index (κ1) is 16.0. The summed E-state index contributed by atoms with van der Waals surface area (Å²) >= 11 is 0. The number of esters is 1. The minimum atomic E-state index is -1.17. The van der Waals surface area contributed by atoms with Gasteiger partial charge in [-0.05, 0) is 37.1 Å². The molecular formula is C16H18NO5-. The normalized spacial score (nSPS) is 21.0. The topological polar surface area (TPSA) is 95.5 Å². The molecule has 2 atom stereocenters. The molecule has 0 heterocycles. The minimum absolute atomic E-state index is 0.320. The zero-order chi connectivity index (χ0) is 16.1. The number of hydrogen-bond acceptors (Lipinski definition) is 5. The molecule has 0 aliphatic heterocycles. The summed E-state index contributed by atoms with van der Waals surface area (Å²) < 4.78 is 4.59. The molecule has 1 saturated carbocycles. The molecule has 22 heavy (non-hydrogen) atoms. The summed E-state index contributed by atoms with van der Waals surface area (Å²) in [6, 6.07) is 6.25. The zero-order valence-electron chi connectivity index (χ0n) is 12.3. The molecule has 1 aliphatic rings. The molecule has 1 N–H and O–H groups in total. The lowest BCUT2D eigenvalue weighted by Gasteiger charge is -2.31. The first-order valence-corrected chi connectivity index (χ1v) is 7.23. The first-order valence-electron chi connectivity index (χ1n) is 7.23. The Morgan fingerprint density at radius 2 is 1.68 bits per heavy atom. The van der Waals surface area contributed by atoms with Crippen LogP contribution in [-0.4, -0.2) is 25.0 Å². The second kappa shape index (κ2) is 7.06. The molecule has 1 aliphatic carbocycles. The molecule has 0 radical (unpaired) electrons. The number of carbonyl (C=O) groups excluding carboxylic acids is 3. The van der Waals surface area contributed by atoms with Gasteiger partial charge in [0.05, 0.1) is 12.7 Å². The Bertz CT molecular complexity index is 566. The van der Waals surface area contributed by atoms with Gasteiger partial charge >= 0.3 is 5.97 Å². The van der Waals surface area contributed by atoms with E-state index in [1.54, 1.807) is 24.3 Å². The van der Waals surface area contributed by atoms with Gasteiger partial charge in [-0.3, -0.25) is 4.79 Å². The molecule has 0 bridgehead atoms. The van der Waals surface area contributed by atoms with E-state index >= 15 is 0 Å². The van der Waals surface area contributed by atoms with Crippen molar-refractivity contribution in [3.63, 3.8) is 0 Å². The Kier molecular flexibility index (Phi) is 5.14. The van der Waals surface area contributed by atoms with Crippen molar-refractivity contribution in [3.05, 3.63) is 29.8 Å². The molecular weight excluding hydrogens is 286 g/mol. The number of aliphatic carboxylic acids is 1. The van der Waals surface area contributed by atoms with Crippen LogP contribution >= 0.6 is 0 Å². The molecule has 1 fully saturated rings. The van der Waals surface area contributed by atoms with Gasteiger partial charge in [-0.25, -0.2) is 4.79 Å². The quantitative estimate of drug-likeness (QED) is 0.836. The van der Waals surface area contributed by atoms with Crippen LogP contribution in [-0.2, 0) is 14.3 Å². The molecule has 0 spiro atoms. The van der Waals surface area contributed by atoms with E-state index in [0.717, 1.165) is 12.8 Å². The van der Waals surface area contributed by atoms with Crippen LogP contribution in [0.4, 0.5) is 5.69 Å². The number of carboxylic acid groups (broad SMARTS) is 1. The van der Waals surface area contributed by atoms with Crippen LogP contribution in [0.15, 0.2) is 24.3 Å². The monoisotopic (exact) mass is 304 g/mol. The molecule has 2 unspecified atom stereocenters. The fraction of sp³-hybridized carbons (Fsp3) is 0.438. The average molecular weight is 304 g/mol. The second-order valence-corrected chi connectivity index (χ2v) is 5.37. The van der Waals surface area contributed by atoms with Gasteiger partial charge in [0.2, 0.25) is 5.91 Å². The van der Waals surface area contributed by atoms with Crippen molar-refractivity contribution in [2.45, 2.75) is 25.7 Å². The number of rotatable bonds is 4. The molecule has 1 aromatic rings. The molecule has 6 heteroatoms. The smallest absolute Gasteiger partial charge is 0.337 e. The Morgan fingerprint density at radius 3 is 2.23 bits per heavy atom. The summed E-state index contributed by atoms with van der Waals surface area (Å²) in [6.07, 6.45) is 2.66. The Balaban J connectivity index is 2.04. The number of benzene rings is 1. The van der Waals surface area contributed by atoms with Crippen LogP contribution in [0.2, 0.25) is 0 Å². The molecule has 118 valence electrons. The van der Waals surface area contributed by atoms with Crippen molar-refractivity contribution in [2.24, 2.45) is 11.8 Å². The van der Waals surface area contributed by atoms with Crippen molar-refractivity contribution in [1.82, 2.24) is 0 Å². The number of nitrogens with one attached hydrogen (secondary N) is 1. The van der Waals surface area contributed by atoms with Gasteiger partial charge in [0.15, 0.2) is 0 Å². The van der Waals surface area contributed by atoms with Crippen molar-refractivity contribution in [1.29, 1.82) is 0 Å². The van der Waals surface area contributed by atoms with E-state index in [1.165, 1.54) is 7.11 Å². The third kappa shape index (κ3) is 3.63. The number of carbonyl (C=O) groups is 3. The highest BCUT2D eigenvalue weighted by molar-refractivity contribution is 5.96. The summed E-state index contributed by atoms with van der Waals surface area (Å²) in [5.74, 6) is -3.25. The van der Waals surface area contributed by atoms with Crippen LogP contribution in [0.3, 0.4) is 0 Å². The summed E-state index contributed by atoms with van der Waals surface area (Å²) in [5.41, 5.74) is 0.895. The largest absolute Gasteiger partial charge is 0.550 e. The lowest BCUT2D eigenvalue weighted by Crippen LogP contribution is -2.42. The molecule has 1 amide bonds. The number of methoxy groups -OCH3 is 1. The standard InChI is InChI=1S/C16H19NO5/c1-22-16(21)10-6-8-11(9-7-10)17-14(18)12-4-2-3-5-13(12)15(19)20/h6-9,12-13H,2-5H2,1H3,(H,17,18)(H,19,20)/p-1. The highest BCUT2D eigenvalue weighted by Gasteiger charge is 2.31. The van der Waals surface area contributed by atoms with Crippen molar-refractivity contribution >= 4 is 23.5 Å². The van der Waals surface area contributed by atoms with Crippen LogP contribution in [0.5, 0.6) is 0 Å². The van der Waals surface area contributed by atoms with E-state index in [0.29, 0.717) is 24.1 Å². The average Bonchev–Trinajstić information content (AvgIpc) is 2.54. The van der Waals surface area contributed by atoms with E-state index in [-0.39, 0.29) is 5.91 Å². The Labute approximate surface area is 128 Å². The van der Waals surface area contributed by atoms with Crippen LogP contribution in [0.1, 0.15) is 36.0 Å². The predicted octanol–water partition coefficient (Wildman–Crippen LogP) is 0.968. The first-order chi connectivity index (χ1) is 10.5. The number of hydrogen-bond donors (Lipinski definition) is 1. The minimum Gasteiger partial charge on any atom is -0.550 e. The third-order valence-corrected chi connectivity index (χ3v) is 3.98. The summed E-state index contributed by atoms with van der Waals surface area (Å²) in [4.78, 5) is 34.7. The summed E-state index contributed by atoms with van der Waals surface area (Å²) in [7, 11) is 1.29. The van der Waals surface area contributed by atoms with Gasteiger partial charge in [-0.15, -0.1) is 0 Å². The van der Waals surface area contributed by atoms with Gasteiger partial charge in [-0.2, -0.15) is 0 Å². The van der Waals surface area contributed by atoms with Gasteiger partial charge in [-0.1, -0.05) is 12.8 Å². The fourth-order valence-electron chi connectivity index (χ4n) is 2.77. The number of anilines is 1. The molecule has 1 aromatic carbocycles. The van der Waals surface area contributed by atoms with E-state index in [4.69, 9.17) is 0 Å². The maximum absolute atomic E-state index is 12.3. The molecule has 2 rings (SSSR count). The van der Waals surface area contributed by atoms with E-state index in [1.807, 2.05) is 0 Å². The van der Waals surface area contributed by atoms with E-state index in [9.17, 15) is 19.5 Å². The maximum Gasteiger partial charge on any atom is 0.337 e. The highest BCUT2D eigenvalue weighted by Crippen LogP contribution is 2.30. The molecule has 0 aromatic heterocycles. The van der Waals surface area contributed by atoms with Crippen molar-refractivity contribution < 1.29 is 24.2 Å². The van der Waals surface area contributed by atoms with Gasteiger partial charge in [0, 0.05) is 23.5 Å². The zero-order valence-corrected chi connectivity index (χ0v) is 12.3. The Hall–Kier alpha value is -2.37. The predicted molar refractivity (Wildman–Crippen MR) is 76.9 cm³/mol. The number of ether oxygens (including phenoxy) is 1.